The minimum atomic E-state index is -1.37. The first-order valence-electron chi connectivity index (χ1n) is 10.4. The van der Waals surface area contributed by atoms with Crippen LogP contribution in [0.1, 0.15) is 38.1 Å². The minimum Gasteiger partial charge on any atom is -0.493 e. The normalized spacial score (nSPS) is 23.4. The maximum atomic E-state index is 12.0. The standard InChI is InChI=1S/C22H27NO12/c1-10(24)23-18-20(33-13(4)27)19(32-12(3)26)17(9-31-11(2)25)35-22(18)34-15-7-6-14(21(28)29)8-16(15)30-5/h6-8,17-20,22H,9H2,1-5H3,(H,23,24)(H,28,29)/t17-,18+,19+,20-,22-/m0/s1. The molecule has 2 rings (SSSR count). The third-order valence-corrected chi connectivity index (χ3v) is 4.72. The Morgan fingerprint density at radius 3 is 2.09 bits per heavy atom. The number of methoxy groups -OCH3 is 1. The Bertz CT molecular complexity index is 977. The summed E-state index contributed by atoms with van der Waals surface area (Å²) in [4.78, 5) is 58.4. The molecule has 0 aliphatic carbocycles. The molecule has 1 aliphatic heterocycles. The summed E-state index contributed by atoms with van der Waals surface area (Å²) in [7, 11) is 1.29. The molecule has 192 valence electrons. The average molecular weight is 497 g/mol. The van der Waals surface area contributed by atoms with E-state index in [0.717, 1.165) is 20.8 Å². The van der Waals surface area contributed by atoms with Crippen LogP contribution in [0.25, 0.3) is 0 Å². The molecule has 13 nitrogen and oxygen atoms in total. The van der Waals surface area contributed by atoms with E-state index in [-0.39, 0.29) is 17.1 Å². The van der Waals surface area contributed by atoms with Gasteiger partial charge in [0.1, 0.15) is 18.8 Å². The first-order valence-corrected chi connectivity index (χ1v) is 10.4. The van der Waals surface area contributed by atoms with Crippen LogP contribution in [-0.4, -0.2) is 79.3 Å². The molecule has 1 aromatic rings. The molecule has 2 N–H and O–H groups in total. The number of carbonyl (C=O) groups excluding carboxylic acids is 4. The fourth-order valence-corrected chi connectivity index (χ4v) is 3.41. The van der Waals surface area contributed by atoms with E-state index >= 15 is 0 Å². The van der Waals surface area contributed by atoms with Gasteiger partial charge in [-0.25, -0.2) is 4.79 Å². The van der Waals surface area contributed by atoms with Gasteiger partial charge in [-0.15, -0.1) is 0 Å². The molecule has 35 heavy (non-hydrogen) atoms. The molecular weight excluding hydrogens is 470 g/mol. The number of carboxylic acids is 1. The summed E-state index contributed by atoms with van der Waals surface area (Å²) < 4.78 is 32.7. The summed E-state index contributed by atoms with van der Waals surface area (Å²) in [5.74, 6) is -3.80. The summed E-state index contributed by atoms with van der Waals surface area (Å²) >= 11 is 0. The van der Waals surface area contributed by atoms with Crippen molar-refractivity contribution >= 4 is 29.8 Å². The zero-order valence-corrected chi connectivity index (χ0v) is 19.8. The fourth-order valence-electron chi connectivity index (χ4n) is 3.41. The molecule has 1 saturated heterocycles. The van der Waals surface area contributed by atoms with Gasteiger partial charge in [-0.1, -0.05) is 0 Å². The molecule has 1 fully saturated rings. The molecule has 13 heteroatoms. The smallest absolute Gasteiger partial charge is 0.335 e. The highest BCUT2D eigenvalue weighted by molar-refractivity contribution is 5.88. The van der Waals surface area contributed by atoms with Crippen LogP contribution in [0.5, 0.6) is 11.5 Å². The summed E-state index contributed by atoms with van der Waals surface area (Å²) in [5, 5.41) is 11.8. The summed E-state index contributed by atoms with van der Waals surface area (Å²) in [5.41, 5.74) is -0.0716. The van der Waals surface area contributed by atoms with Crippen LogP contribution in [0, 0.1) is 0 Å². The third kappa shape index (κ3) is 7.57. The summed E-state index contributed by atoms with van der Waals surface area (Å²) in [6.45, 7) is 4.22. The maximum absolute atomic E-state index is 12.0. The third-order valence-electron chi connectivity index (χ3n) is 4.72. The highest BCUT2D eigenvalue weighted by Crippen LogP contribution is 2.33. The van der Waals surface area contributed by atoms with Gasteiger partial charge in [0.2, 0.25) is 12.2 Å². The number of carboxylic acid groups (broad SMARTS) is 1. The second-order valence-electron chi connectivity index (χ2n) is 7.51. The van der Waals surface area contributed by atoms with Crippen LogP contribution < -0.4 is 14.8 Å². The first-order chi connectivity index (χ1) is 16.4. The number of carbonyl (C=O) groups is 5. The molecule has 1 aliphatic rings. The van der Waals surface area contributed by atoms with E-state index in [2.05, 4.69) is 5.32 Å². The van der Waals surface area contributed by atoms with Gasteiger partial charge in [0, 0.05) is 27.7 Å². The van der Waals surface area contributed by atoms with Crippen LogP contribution in [0.4, 0.5) is 0 Å². The van der Waals surface area contributed by atoms with Gasteiger partial charge in [0.25, 0.3) is 0 Å². The van der Waals surface area contributed by atoms with Crippen molar-refractivity contribution < 1.29 is 57.5 Å². The molecule has 5 atom stereocenters. The predicted octanol–water partition coefficient (Wildman–Crippen LogP) is 0.428. The molecule has 0 unspecified atom stereocenters. The summed E-state index contributed by atoms with van der Waals surface area (Å²) in [6.07, 6.45) is -5.11. The SMILES string of the molecule is COc1cc(C(=O)O)ccc1O[C@H]1O[C@@H](COC(C)=O)[C@@H](OC(C)=O)[C@@H](OC(C)=O)[C@H]1NC(C)=O. The number of hydrogen-bond acceptors (Lipinski definition) is 11. The van der Waals surface area contributed by atoms with E-state index in [4.69, 9.17) is 28.4 Å². The topological polar surface area (TPSA) is 173 Å². The quantitative estimate of drug-likeness (QED) is 0.356. The van der Waals surface area contributed by atoms with Gasteiger partial charge in [-0.3, -0.25) is 19.2 Å². The van der Waals surface area contributed by atoms with Gasteiger partial charge in [0.15, 0.2) is 23.7 Å². The number of hydrogen-bond donors (Lipinski definition) is 2. The Balaban J connectivity index is 2.52. The number of rotatable bonds is 9. The molecule has 1 amide bonds. The average Bonchev–Trinajstić information content (AvgIpc) is 2.75. The number of amides is 1. The van der Waals surface area contributed by atoms with E-state index in [1.165, 1.54) is 32.2 Å². The Labute approximate surface area is 200 Å². The van der Waals surface area contributed by atoms with E-state index in [1.54, 1.807) is 0 Å². The van der Waals surface area contributed by atoms with E-state index in [9.17, 15) is 29.1 Å². The van der Waals surface area contributed by atoms with Gasteiger partial charge < -0.3 is 38.8 Å². The van der Waals surface area contributed by atoms with Gasteiger partial charge in [-0.2, -0.15) is 0 Å². The van der Waals surface area contributed by atoms with Gasteiger partial charge in [-0.05, 0) is 18.2 Å². The number of aromatic carboxylic acids is 1. The molecule has 0 aromatic heterocycles. The molecule has 0 radical (unpaired) electrons. The van der Waals surface area contributed by atoms with Crippen molar-refractivity contribution in [1.29, 1.82) is 0 Å². The van der Waals surface area contributed by atoms with E-state index in [1.807, 2.05) is 0 Å². The fraction of sp³-hybridized carbons (Fsp3) is 0.500. The lowest BCUT2D eigenvalue weighted by Gasteiger charge is -2.44. The lowest BCUT2D eigenvalue weighted by molar-refractivity contribution is -0.257. The van der Waals surface area contributed by atoms with Crippen LogP contribution in [0.2, 0.25) is 0 Å². The molecule has 1 heterocycles. The van der Waals surface area contributed by atoms with Crippen molar-refractivity contribution in [2.75, 3.05) is 13.7 Å². The summed E-state index contributed by atoms with van der Waals surface area (Å²) in [6, 6.07) is 2.60. The van der Waals surface area contributed by atoms with Gasteiger partial charge >= 0.3 is 23.9 Å². The Morgan fingerprint density at radius 2 is 1.57 bits per heavy atom. The lowest BCUT2D eigenvalue weighted by atomic mass is 9.96. The minimum absolute atomic E-state index is 0.0385. The van der Waals surface area contributed by atoms with Crippen LogP contribution in [-0.2, 0) is 38.1 Å². The Hall–Kier alpha value is -3.87. The molecule has 0 bridgehead atoms. The number of nitrogens with one attached hydrogen (secondary N) is 1. The van der Waals surface area contributed by atoms with Crippen molar-refractivity contribution in [1.82, 2.24) is 5.32 Å². The zero-order valence-electron chi connectivity index (χ0n) is 19.8. The van der Waals surface area contributed by atoms with Gasteiger partial charge in [0.05, 0.1) is 12.7 Å². The predicted molar refractivity (Wildman–Crippen MR) is 115 cm³/mol. The second-order valence-corrected chi connectivity index (χ2v) is 7.51. The monoisotopic (exact) mass is 497 g/mol. The molecule has 1 aromatic carbocycles. The van der Waals surface area contributed by atoms with E-state index < -0.39 is 67.0 Å². The first kappa shape index (κ1) is 27.4. The molecule has 0 saturated carbocycles. The van der Waals surface area contributed by atoms with Crippen molar-refractivity contribution in [3.8, 4) is 11.5 Å². The number of ether oxygens (including phenoxy) is 6. The van der Waals surface area contributed by atoms with Crippen LogP contribution in [0.3, 0.4) is 0 Å². The largest absolute Gasteiger partial charge is 0.493 e. The molecule has 0 spiro atoms. The number of benzene rings is 1. The van der Waals surface area contributed by atoms with Crippen LogP contribution in [0.15, 0.2) is 18.2 Å². The van der Waals surface area contributed by atoms with Crippen molar-refractivity contribution in [2.24, 2.45) is 0 Å². The van der Waals surface area contributed by atoms with Crippen molar-refractivity contribution in [3.05, 3.63) is 23.8 Å². The highest BCUT2D eigenvalue weighted by Gasteiger charge is 2.52. The highest BCUT2D eigenvalue weighted by atomic mass is 16.7. The number of esters is 3. The van der Waals surface area contributed by atoms with E-state index in [0.29, 0.717) is 0 Å². The second kappa shape index (κ2) is 12.0. The molecular formula is C22H27NO12. The van der Waals surface area contributed by atoms with Crippen molar-refractivity contribution in [3.63, 3.8) is 0 Å². The lowest BCUT2D eigenvalue weighted by Crippen LogP contribution is -2.67. The Kier molecular flexibility index (Phi) is 9.40. The Morgan fingerprint density at radius 1 is 0.943 bits per heavy atom. The zero-order chi connectivity index (χ0) is 26.3. The van der Waals surface area contributed by atoms with Crippen molar-refractivity contribution in [2.45, 2.75) is 58.3 Å². The van der Waals surface area contributed by atoms with Crippen LogP contribution >= 0.6 is 0 Å². The maximum Gasteiger partial charge on any atom is 0.335 e.